The Labute approximate surface area is 112 Å². The first-order chi connectivity index (χ1) is 8.52. The van der Waals surface area contributed by atoms with Gasteiger partial charge < -0.3 is 10.2 Å². The van der Waals surface area contributed by atoms with Crippen molar-refractivity contribution in [2.45, 2.75) is 59.4 Å². The van der Waals surface area contributed by atoms with Crippen LogP contribution in [0.25, 0.3) is 0 Å². The van der Waals surface area contributed by atoms with Crippen LogP contribution in [-0.4, -0.2) is 36.5 Å². The molecule has 0 bridgehead atoms. The van der Waals surface area contributed by atoms with Gasteiger partial charge in [0.25, 0.3) is 0 Å². The van der Waals surface area contributed by atoms with E-state index < -0.39 is 0 Å². The highest BCUT2D eigenvalue weighted by Crippen LogP contribution is 2.22. The highest BCUT2D eigenvalue weighted by Gasteiger charge is 2.27. The number of nitrogens with one attached hydrogen (secondary N) is 1. The lowest BCUT2D eigenvalue weighted by molar-refractivity contribution is -0.131. The van der Waals surface area contributed by atoms with Gasteiger partial charge in [-0.25, -0.2) is 0 Å². The van der Waals surface area contributed by atoms with Crippen molar-refractivity contribution in [3.05, 3.63) is 0 Å². The molecule has 3 heteroatoms. The van der Waals surface area contributed by atoms with Crippen LogP contribution in [0.3, 0.4) is 0 Å². The second-order valence-electron chi connectivity index (χ2n) is 6.17. The molecule has 1 aliphatic heterocycles. The summed E-state index contributed by atoms with van der Waals surface area (Å²) in [5.41, 5.74) is 0. The summed E-state index contributed by atoms with van der Waals surface area (Å²) >= 11 is 0. The second-order valence-corrected chi connectivity index (χ2v) is 6.17. The molecule has 0 saturated carbocycles. The van der Waals surface area contributed by atoms with Crippen molar-refractivity contribution in [3.8, 4) is 0 Å². The third-order valence-electron chi connectivity index (χ3n) is 3.76. The zero-order valence-corrected chi connectivity index (χ0v) is 12.5. The van der Waals surface area contributed by atoms with Gasteiger partial charge in [-0.1, -0.05) is 33.6 Å². The number of likely N-dealkylation sites (tertiary alicyclic amines) is 1. The Bertz CT molecular complexity index is 253. The molecule has 0 aromatic heterocycles. The lowest BCUT2D eigenvalue weighted by Crippen LogP contribution is -2.51. The van der Waals surface area contributed by atoms with Crippen molar-refractivity contribution in [3.63, 3.8) is 0 Å². The van der Waals surface area contributed by atoms with Crippen molar-refractivity contribution < 1.29 is 4.79 Å². The minimum atomic E-state index is 0.229. The maximum Gasteiger partial charge on any atom is 0.219 e. The van der Waals surface area contributed by atoms with Crippen LogP contribution in [0.4, 0.5) is 0 Å². The van der Waals surface area contributed by atoms with E-state index in [0.717, 1.165) is 19.6 Å². The highest BCUT2D eigenvalue weighted by molar-refractivity contribution is 5.73. The number of piperidine rings is 1. The van der Waals surface area contributed by atoms with Crippen molar-refractivity contribution in [2.75, 3.05) is 19.6 Å². The quantitative estimate of drug-likeness (QED) is 0.790. The number of amides is 1. The van der Waals surface area contributed by atoms with Gasteiger partial charge in [-0.05, 0) is 31.2 Å². The fourth-order valence-corrected chi connectivity index (χ4v) is 2.71. The van der Waals surface area contributed by atoms with Gasteiger partial charge in [0.1, 0.15) is 0 Å². The van der Waals surface area contributed by atoms with Crippen molar-refractivity contribution in [2.24, 2.45) is 11.8 Å². The van der Waals surface area contributed by atoms with E-state index in [9.17, 15) is 4.79 Å². The molecule has 1 rings (SSSR count). The van der Waals surface area contributed by atoms with Crippen LogP contribution in [0, 0.1) is 11.8 Å². The third kappa shape index (κ3) is 5.38. The maximum absolute atomic E-state index is 11.6. The molecule has 2 unspecified atom stereocenters. The number of hydrogen-bond acceptors (Lipinski definition) is 2. The van der Waals surface area contributed by atoms with Crippen LogP contribution in [0.15, 0.2) is 0 Å². The molecule has 0 aromatic rings. The first-order valence-corrected chi connectivity index (χ1v) is 7.51. The Morgan fingerprint density at radius 2 is 2.11 bits per heavy atom. The SMILES string of the molecule is CCCCC1CC(NCC(C)C)CN(C(C)=O)C1. The Morgan fingerprint density at radius 3 is 2.67 bits per heavy atom. The topological polar surface area (TPSA) is 32.3 Å². The minimum absolute atomic E-state index is 0.229. The van der Waals surface area contributed by atoms with E-state index in [-0.39, 0.29) is 5.91 Å². The largest absolute Gasteiger partial charge is 0.341 e. The Kier molecular flexibility index (Phi) is 6.69. The summed E-state index contributed by atoms with van der Waals surface area (Å²) in [4.78, 5) is 13.6. The zero-order chi connectivity index (χ0) is 13.5. The van der Waals surface area contributed by atoms with Gasteiger partial charge in [0, 0.05) is 26.1 Å². The Hall–Kier alpha value is -0.570. The standard InChI is InChI=1S/C15H30N2O/c1-5-6-7-14-8-15(16-9-12(2)3)11-17(10-14)13(4)18/h12,14-16H,5-11H2,1-4H3. The zero-order valence-electron chi connectivity index (χ0n) is 12.5. The Balaban J connectivity index is 2.48. The first-order valence-electron chi connectivity index (χ1n) is 7.51. The van der Waals surface area contributed by atoms with Gasteiger partial charge >= 0.3 is 0 Å². The maximum atomic E-state index is 11.6. The fraction of sp³-hybridized carbons (Fsp3) is 0.933. The average molecular weight is 254 g/mol. The van der Waals surface area contributed by atoms with Gasteiger partial charge in [0.05, 0.1) is 0 Å². The van der Waals surface area contributed by atoms with Crippen LogP contribution >= 0.6 is 0 Å². The highest BCUT2D eigenvalue weighted by atomic mass is 16.2. The fourth-order valence-electron chi connectivity index (χ4n) is 2.71. The monoisotopic (exact) mass is 254 g/mol. The minimum Gasteiger partial charge on any atom is -0.341 e. The summed E-state index contributed by atoms with van der Waals surface area (Å²) in [5.74, 6) is 1.59. The molecule has 1 N–H and O–H groups in total. The molecule has 1 fully saturated rings. The smallest absolute Gasteiger partial charge is 0.219 e. The molecule has 1 heterocycles. The van der Waals surface area contributed by atoms with Crippen LogP contribution < -0.4 is 5.32 Å². The predicted octanol–water partition coefficient (Wildman–Crippen LogP) is 2.66. The summed E-state index contributed by atoms with van der Waals surface area (Å²) in [7, 11) is 0. The molecule has 1 aliphatic rings. The van der Waals surface area contributed by atoms with E-state index in [1.54, 1.807) is 6.92 Å². The summed E-state index contributed by atoms with van der Waals surface area (Å²) in [5, 5.41) is 3.62. The molecule has 0 aromatic carbocycles. The summed E-state index contributed by atoms with van der Waals surface area (Å²) in [6, 6.07) is 0.493. The van der Waals surface area contributed by atoms with Gasteiger partial charge in [0.15, 0.2) is 0 Å². The van der Waals surface area contributed by atoms with Crippen LogP contribution in [0.1, 0.15) is 53.4 Å². The molecular weight excluding hydrogens is 224 g/mol. The Morgan fingerprint density at radius 1 is 1.39 bits per heavy atom. The van der Waals surface area contributed by atoms with E-state index in [1.807, 2.05) is 4.90 Å². The lowest BCUT2D eigenvalue weighted by atomic mass is 9.89. The normalized spacial score (nSPS) is 24.6. The molecule has 106 valence electrons. The van der Waals surface area contributed by atoms with E-state index in [0.29, 0.717) is 17.9 Å². The van der Waals surface area contributed by atoms with Crippen molar-refractivity contribution in [1.29, 1.82) is 0 Å². The van der Waals surface area contributed by atoms with E-state index in [2.05, 4.69) is 26.1 Å². The molecule has 0 spiro atoms. The number of rotatable bonds is 6. The number of nitrogens with zero attached hydrogens (tertiary/aromatic N) is 1. The second kappa shape index (κ2) is 7.78. The number of hydrogen-bond donors (Lipinski definition) is 1. The molecule has 1 amide bonds. The molecular formula is C15H30N2O. The molecule has 18 heavy (non-hydrogen) atoms. The van der Waals surface area contributed by atoms with E-state index >= 15 is 0 Å². The van der Waals surface area contributed by atoms with Gasteiger partial charge in [-0.3, -0.25) is 4.79 Å². The van der Waals surface area contributed by atoms with Crippen molar-refractivity contribution >= 4 is 5.91 Å². The van der Waals surface area contributed by atoms with Crippen LogP contribution in [0.5, 0.6) is 0 Å². The van der Waals surface area contributed by atoms with Gasteiger partial charge in [-0.2, -0.15) is 0 Å². The van der Waals surface area contributed by atoms with Crippen LogP contribution in [-0.2, 0) is 4.79 Å². The predicted molar refractivity (Wildman–Crippen MR) is 76.5 cm³/mol. The average Bonchev–Trinajstić information content (AvgIpc) is 2.33. The molecule has 3 nitrogen and oxygen atoms in total. The number of carbonyl (C=O) groups is 1. The molecule has 0 aliphatic carbocycles. The molecule has 0 radical (unpaired) electrons. The third-order valence-corrected chi connectivity index (χ3v) is 3.76. The number of carbonyl (C=O) groups excluding carboxylic acids is 1. The van der Waals surface area contributed by atoms with Crippen LogP contribution in [0.2, 0.25) is 0 Å². The van der Waals surface area contributed by atoms with E-state index in [4.69, 9.17) is 0 Å². The van der Waals surface area contributed by atoms with Crippen molar-refractivity contribution in [1.82, 2.24) is 10.2 Å². The summed E-state index contributed by atoms with van der Waals surface area (Å²) in [6.07, 6.45) is 5.03. The number of unbranched alkanes of at least 4 members (excludes halogenated alkanes) is 1. The van der Waals surface area contributed by atoms with Gasteiger partial charge in [-0.15, -0.1) is 0 Å². The summed E-state index contributed by atoms with van der Waals surface area (Å²) < 4.78 is 0. The molecule has 2 atom stereocenters. The lowest BCUT2D eigenvalue weighted by Gasteiger charge is -2.38. The molecule has 1 saturated heterocycles. The van der Waals surface area contributed by atoms with E-state index in [1.165, 1.54) is 25.7 Å². The summed E-state index contributed by atoms with van der Waals surface area (Å²) in [6.45, 7) is 11.3. The first kappa shape index (κ1) is 15.5. The van der Waals surface area contributed by atoms with Gasteiger partial charge in [0.2, 0.25) is 5.91 Å².